The van der Waals surface area contributed by atoms with E-state index in [1.165, 1.54) is 30.8 Å². The number of nitro groups is 1. The van der Waals surface area contributed by atoms with Crippen molar-refractivity contribution < 1.29 is 14.5 Å². The van der Waals surface area contributed by atoms with E-state index < -0.39 is 11.0 Å². The number of carbonyl (C=O) groups is 1. The lowest BCUT2D eigenvalue weighted by Crippen LogP contribution is -2.09. The van der Waals surface area contributed by atoms with E-state index >= 15 is 0 Å². The van der Waals surface area contributed by atoms with Crippen molar-refractivity contribution in [3.63, 3.8) is 0 Å². The summed E-state index contributed by atoms with van der Waals surface area (Å²) in [6, 6.07) is 6.45. The SMILES string of the molecule is CCC(OC(C)=O)c1nc(C(C)C)c(Sc2cccc([N+](=O)[O-])c2)[nH]1. The van der Waals surface area contributed by atoms with E-state index in [1.807, 2.05) is 26.8 Å². The fraction of sp³-hybridized carbons (Fsp3) is 0.412. The van der Waals surface area contributed by atoms with Crippen LogP contribution in [0.25, 0.3) is 0 Å². The number of esters is 1. The van der Waals surface area contributed by atoms with Gasteiger partial charge in [-0.15, -0.1) is 0 Å². The molecule has 134 valence electrons. The third kappa shape index (κ3) is 4.82. The lowest BCUT2D eigenvalue weighted by atomic mass is 10.1. The molecule has 1 aromatic heterocycles. The molecule has 0 aliphatic heterocycles. The molecule has 0 spiro atoms. The number of nitrogens with one attached hydrogen (secondary N) is 1. The molecule has 1 atom stereocenters. The number of imidazole rings is 1. The number of nitrogens with zero attached hydrogens (tertiary/aromatic N) is 2. The Kier molecular flexibility index (Phi) is 6.19. The summed E-state index contributed by atoms with van der Waals surface area (Å²) in [6.07, 6.45) is 0.167. The van der Waals surface area contributed by atoms with Gasteiger partial charge < -0.3 is 9.72 Å². The molecule has 25 heavy (non-hydrogen) atoms. The van der Waals surface area contributed by atoms with Gasteiger partial charge in [-0.3, -0.25) is 14.9 Å². The third-order valence-corrected chi connectivity index (χ3v) is 4.50. The van der Waals surface area contributed by atoms with Crippen LogP contribution in [0.3, 0.4) is 0 Å². The van der Waals surface area contributed by atoms with Crippen molar-refractivity contribution in [2.24, 2.45) is 0 Å². The van der Waals surface area contributed by atoms with Crippen LogP contribution in [-0.2, 0) is 9.53 Å². The van der Waals surface area contributed by atoms with Gasteiger partial charge in [0.2, 0.25) is 0 Å². The predicted molar refractivity (Wildman–Crippen MR) is 94.7 cm³/mol. The van der Waals surface area contributed by atoms with Crippen LogP contribution >= 0.6 is 11.8 Å². The number of H-pyrrole nitrogens is 1. The number of hydrogen-bond acceptors (Lipinski definition) is 6. The molecule has 1 aromatic carbocycles. The summed E-state index contributed by atoms with van der Waals surface area (Å²) in [7, 11) is 0. The van der Waals surface area contributed by atoms with Crippen molar-refractivity contribution in [3.05, 3.63) is 45.9 Å². The minimum absolute atomic E-state index is 0.0437. The van der Waals surface area contributed by atoms with Crippen LogP contribution in [-0.4, -0.2) is 20.9 Å². The van der Waals surface area contributed by atoms with Crippen molar-refractivity contribution in [2.45, 2.75) is 56.1 Å². The molecule has 0 bridgehead atoms. The zero-order valence-corrected chi connectivity index (χ0v) is 15.4. The first-order valence-electron chi connectivity index (χ1n) is 8.01. The molecule has 0 saturated heterocycles. The maximum Gasteiger partial charge on any atom is 0.303 e. The zero-order chi connectivity index (χ0) is 18.6. The molecule has 2 aromatic rings. The summed E-state index contributed by atoms with van der Waals surface area (Å²) in [4.78, 5) is 30.4. The van der Waals surface area contributed by atoms with Gasteiger partial charge in [-0.25, -0.2) is 4.98 Å². The molecular formula is C17H21N3O4S. The molecule has 1 heterocycles. The average molecular weight is 363 g/mol. The summed E-state index contributed by atoms with van der Waals surface area (Å²) in [6.45, 7) is 7.32. The maximum absolute atomic E-state index is 11.3. The van der Waals surface area contributed by atoms with Gasteiger partial charge in [0, 0.05) is 24.0 Å². The fourth-order valence-corrected chi connectivity index (χ4v) is 3.43. The van der Waals surface area contributed by atoms with Crippen LogP contribution < -0.4 is 0 Å². The number of aromatic nitrogens is 2. The minimum Gasteiger partial charge on any atom is -0.454 e. The van der Waals surface area contributed by atoms with Crippen LogP contribution in [0.5, 0.6) is 0 Å². The largest absolute Gasteiger partial charge is 0.454 e. The second-order valence-corrected chi connectivity index (χ2v) is 6.94. The number of benzene rings is 1. The highest BCUT2D eigenvalue weighted by Gasteiger charge is 2.22. The molecule has 1 unspecified atom stereocenters. The molecule has 0 aliphatic rings. The predicted octanol–water partition coefficient (Wildman–Crippen LogP) is 4.61. The van der Waals surface area contributed by atoms with Crippen LogP contribution in [0.15, 0.2) is 34.2 Å². The molecule has 1 N–H and O–H groups in total. The van der Waals surface area contributed by atoms with Crippen LogP contribution in [0.4, 0.5) is 5.69 Å². The first kappa shape index (κ1) is 19.0. The van der Waals surface area contributed by atoms with Gasteiger partial charge in [0.1, 0.15) is 10.9 Å². The second-order valence-electron chi connectivity index (χ2n) is 5.85. The smallest absolute Gasteiger partial charge is 0.303 e. The summed E-state index contributed by atoms with van der Waals surface area (Å²) < 4.78 is 5.30. The molecule has 0 radical (unpaired) electrons. The number of hydrogen-bond donors (Lipinski definition) is 1. The van der Waals surface area contributed by atoms with Gasteiger partial charge in [-0.1, -0.05) is 38.6 Å². The Labute approximate surface area is 150 Å². The lowest BCUT2D eigenvalue weighted by Gasteiger charge is -2.11. The van der Waals surface area contributed by atoms with E-state index in [0.717, 1.165) is 15.6 Å². The average Bonchev–Trinajstić information content (AvgIpc) is 2.96. The number of carbonyl (C=O) groups excluding carboxylic acids is 1. The van der Waals surface area contributed by atoms with Gasteiger partial charge >= 0.3 is 5.97 Å². The van der Waals surface area contributed by atoms with E-state index in [9.17, 15) is 14.9 Å². The van der Waals surface area contributed by atoms with Crippen molar-refractivity contribution in [2.75, 3.05) is 0 Å². The Balaban J connectivity index is 2.35. The summed E-state index contributed by atoms with van der Waals surface area (Å²) >= 11 is 1.38. The van der Waals surface area contributed by atoms with Crippen molar-refractivity contribution in [1.82, 2.24) is 9.97 Å². The molecule has 0 aliphatic carbocycles. The van der Waals surface area contributed by atoms with E-state index in [2.05, 4.69) is 9.97 Å². The monoisotopic (exact) mass is 363 g/mol. The van der Waals surface area contributed by atoms with Gasteiger partial charge in [0.25, 0.3) is 5.69 Å². The zero-order valence-electron chi connectivity index (χ0n) is 14.6. The second kappa shape index (κ2) is 8.15. The molecule has 0 fully saturated rings. The van der Waals surface area contributed by atoms with Crippen LogP contribution in [0, 0.1) is 10.1 Å². The van der Waals surface area contributed by atoms with E-state index in [-0.39, 0.29) is 17.6 Å². The first-order valence-corrected chi connectivity index (χ1v) is 8.82. The number of nitro benzene ring substituents is 1. The van der Waals surface area contributed by atoms with Gasteiger partial charge in [0.15, 0.2) is 6.10 Å². The Morgan fingerprint density at radius 2 is 2.16 bits per heavy atom. The number of ether oxygens (including phenoxy) is 1. The molecular weight excluding hydrogens is 342 g/mol. The van der Waals surface area contributed by atoms with E-state index in [1.54, 1.807) is 6.07 Å². The first-order chi connectivity index (χ1) is 11.8. The minimum atomic E-state index is -0.436. The van der Waals surface area contributed by atoms with Gasteiger partial charge in [-0.05, 0) is 18.4 Å². The summed E-state index contributed by atoms with van der Waals surface area (Å²) in [5.74, 6) is 0.387. The van der Waals surface area contributed by atoms with Crippen LogP contribution in [0.2, 0.25) is 0 Å². The number of rotatable bonds is 7. The Morgan fingerprint density at radius 1 is 1.44 bits per heavy atom. The molecule has 2 rings (SSSR count). The van der Waals surface area contributed by atoms with E-state index in [4.69, 9.17) is 4.74 Å². The Hall–Kier alpha value is -2.35. The topological polar surface area (TPSA) is 98.1 Å². The normalized spacial score (nSPS) is 12.2. The van der Waals surface area contributed by atoms with Crippen molar-refractivity contribution in [3.8, 4) is 0 Å². The van der Waals surface area contributed by atoms with Gasteiger partial charge in [0.05, 0.1) is 10.6 Å². The molecule has 0 saturated carbocycles. The van der Waals surface area contributed by atoms with Crippen LogP contribution in [0.1, 0.15) is 57.7 Å². The van der Waals surface area contributed by atoms with Gasteiger partial charge in [-0.2, -0.15) is 0 Å². The lowest BCUT2D eigenvalue weighted by molar-refractivity contribution is -0.385. The molecule has 8 heteroatoms. The standard InChI is InChI=1S/C17H21N3O4S/c1-5-14(24-11(4)21)16-18-15(10(2)3)17(19-16)25-13-8-6-7-12(9-13)20(22)23/h6-10,14H,5H2,1-4H3,(H,18,19). The Morgan fingerprint density at radius 3 is 2.72 bits per heavy atom. The van der Waals surface area contributed by atoms with E-state index in [0.29, 0.717) is 12.2 Å². The third-order valence-electron chi connectivity index (χ3n) is 3.49. The van der Waals surface area contributed by atoms with Crippen molar-refractivity contribution in [1.29, 1.82) is 0 Å². The fourth-order valence-electron chi connectivity index (χ4n) is 2.32. The molecule has 0 amide bonds. The highest BCUT2D eigenvalue weighted by Crippen LogP contribution is 2.35. The number of non-ortho nitro benzene ring substituents is 1. The Bertz CT molecular complexity index is 773. The highest BCUT2D eigenvalue weighted by molar-refractivity contribution is 7.99. The summed E-state index contributed by atoms with van der Waals surface area (Å²) in [5, 5.41) is 11.7. The maximum atomic E-state index is 11.3. The molecule has 7 nitrogen and oxygen atoms in total. The van der Waals surface area contributed by atoms with Crippen molar-refractivity contribution >= 4 is 23.4 Å². The number of aromatic amines is 1. The quantitative estimate of drug-likeness (QED) is 0.438. The highest BCUT2D eigenvalue weighted by atomic mass is 32.2. The summed E-state index contributed by atoms with van der Waals surface area (Å²) in [5.41, 5.74) is 0.888.